The van der Waals surface area contributed by atoms with Crippen LogP contribution in [0.5, 0.6) is 5.75 Å². The van der Waals surface area contributed by atoms with Crippen LogP contribution in [0.3, 0.4) is 0 Å². The van der Waals surface area contributed by atoms with Gasteiger partial charge in [0.15, 0.2) is 0 Å². The van der Waals surface area contributed by atoms with Crippen molar-refractivity contribution >= 4 is 0 Å². The molecule has 1 atom stereocenters. The number of benzene rings is 2. The van der Waals surface area contributed by atoms with Crippen molar-refractivity contribution in [3.8, 4) is 5.75 Å². The third-order valence-corrected chi connectivity index (χ3v) is 3.52. The molecular formula is C17H18FNO. The largest absolute Gasteiger partial charge is 0.490 e. The van der Waals surface area contributed by atoms with E-state index in [2.05, 4.69) is 5.32 Å². The summed E-state index contributed by atoms with van der Waals surface area (Å²) in [4.78, 5) is 0. The van der Waals surface area contributed by atoms with Crippen molar-refractivity contribution in [2.45, 2.75) is 25.0 Å². The van der Waals surface area contributed by atoms with Crippen LogP contribution >= 0.6 is 0 Å². The molecule has 2 aromatic carbocycles. The molecule has 0 saturated heterocycles. The van der Waals surface area contributed by atoms with E-state index in [0.717, 1.165) is 24.2 Å². The van der Waals surface area contributed by atoms with E-state index in [4.69, 9.17) is 4.74 Å². The molecule has 1 N–H and O–H groups in total. The van der Waals surface area contributed by atoms with E-state index >= 15 is 0 Å². The maximum absolute atomic E-state index is 14.0. The third kappa shape index (κ3) is 2.83. The number of hydrogen-bond donors (Lipinski definition) is 1. The zero-order valence-corrected chi connectivity index (χ0v) is 11.5. The second-order valence-corrected chi connectivity index (χ2v) is 5.13. The first-order chi connectivity index (χ1) is 9.78. The summed E-state index contributed by atoms with van der Waals surface area (Å²) in [5.41, 5.74) is 1.66. The van der Waals surface area contributed by atoms with Gasteiger partial charge in [-0.25, -0.2) is 4.39 Å². The Bertz CT molecular complexity index is 595. The lowest BCUT2D eigenvalue weighted by Gasteiger charge is -2.18. The predicted molar refractivity (Wildman–Crippen MR) is 77.4 cm³/mol. The predicted octanol–water partition coefficient (Wildman–Crippen LogP) is 3.68. The van der Waals surface area contributed by atoms with E-state index in [9.17, 15) is 4.39 Å². The molecule has 20 heavy (non-hydrogen) atoms. The van der Waals surface area contributed by atoms with Crippen LogP contribution in [0.4, 0.5) is 4.39 Å². The lowest BCUT2D eigenvalue weighted by Crippen LogP contribution is -2.19. The summed E-state index contributed by atoms with van der Waals surface area (Å²) in [6, 6.07) is 14.6. The fourth-order valence-electron chi connectivity index (χ4n) is 2.36. The zero-order chi connectivity index (χ0) is 13.9. The first-order valence-corrected chi connectivity index (χ1v) is 6.96. The quantitative estimate of drug-likeness (QED) is 0.895. The molecule has 3 rings (SSSR count). The van der Waals surface area contributed by atoms with E-state index in [1.54, 1.807) is 6.07 Å². The number of rotatable bonds is 5. The van der Waals surface area contributed by atoms with Gasteiger partial charge in [0.05, 0.1) is 12.1 Å². The molecule has 3 heteroatoms. The molecular weight excluding hydrogens is 253 g/mol. The molecule has 1 aliphatic carbocycles. The van der Waals surface area contributed by atoms with Crippen LogP contribution in [-0.4, -0.2) is 13.2 Å². The Hall–Kier alpha value is -1.87. The Morgan fingerprint density at radius 1 is 1.15 bits per heavy atom. The fraction of sp³-hybridized carbons (Fsp3) is 0.294. The molecule has 0 bridgehead atoms. The van der Waals surface area contributed by atoms with Gasteiger partial charge in [-0.3, -0.25) is 0 Å². The maximum Gasteiger partial charge on any atom is 0.128 e. The summed E-state index contributed by atoms with van der Waals surface area (Å²) < 4.78 is 19.8. The molecule has 0 spiro atoms. The van der Waals surface area contributed by atoms with Crippen LogP contribution in [0.2, 0.25) is 0 Å². The summed E-state index contributed by atoms with van der Waals surface area (Å²) in [6.07, 6.45) is 2.63. The van der Waals surface area contributed by atoms with E-state index in [1.807, 2.05) is 43.4 Å². The smallest absolute Gasteiger partial charge is 0.128 e. The Kier molecular flexibility index (Phi) is 3.70. The fourth-order valence-corrected chi connectivity index (χ4v) is 2.36. The second-order valence-electron chi connectivity index (χ2n) is 5.13. The molecule has 104 valence electrons. The molecule has 0 heterocycles. The topological polar surface area (TPSA) is 21.3 Å². The lowest BCUT2D eigenvalue weighted by molar-refractivity contribution is 0.302. The van der Waals surface area contributed by atoms with Crippen molar-refractivity contribution < 1.29 is 9.13 Å². The van der Waals surface area contributed by atoms with E-state index < -0.39 is 0 Å². The Labute approximate surface area is 118 Å². The van der Waals surface area contributed by atoms with Gasteiger partial charge in [-0.15, -0.1) is 0 Å². The Morgan fingerprint density at radius 3 is 2.65 bits per heavy atom. The van der Waals surface area contributed by atoms with Crippen LogP contribution in [0.1, 0.15) is 30.0 Å². The normalized spacial score (nSPS) is 15.9. The molecule has 0 aromatic heterocycles. The average molecular weight is 271 g/mol. The molecule has 0 amide bonds. The molecule has 1 unspecified atom stereocenters. The number of hydrogen-bond acceptors (Lipinski definition) is 2. The van der Waals surface area contributed by atoms with Crippen molar-refractivity contribution in [3.05, 3.63) is 65.5 Å². The Morgan fingerprint density at radius 2 is 1.95 bits per heavy atom. The van der Waals surface area contributed by atoms with Crippen molar-refractivity contribution in [1.29, 1.82) is 0 Å². The number of nitrogens with one attached hydrogen (secondary N) is 1. The van der Waals surface area contributed by atoms with Gasteiger partial charge in [-0.2, -0.15) is 0 Å². The molecule has 0 aliphatic heterocycles. The highest BCUT2D eigenvalue weighted by molar-refractivity contribution is 5.37. The van der Waals surface area contributed by atoms with Crippen LogP contribution in [0.25, 0.3) is 0 Å². The van der Waals surface area contributed by atoms with Crippen LogP contribution in [0.15, 0.2) is 48.5 Å². The summed E-state index contributed by atoms with van der Waals surface area (Å²) in [6.45, 7) is 0. The average Bonchev–Trinajstić information content (AvgIpc) is 3.26. The van der Waals surface area contributed by atoms with Gasteiger partial charge < -0.3 is 10.1 Å². The maximum atomic E-state index is 14.0. The second kappa shape index (κ2) is 5.63. The Balaban J connectivity index is 1.90. The van der Waals surface area contributed by atoms with E-state index in [1.165, 1.54) is 6.07 Å². The third-order valence-electron chi connectivity index (χ3n) is 3.52. The molecule has 1 fully saturated rings. The first kappa shape index (κ1) is 13.1. The number of ether oxygens (including phenoxy) is 1. The molecule has 1 saturated carbocycles. The van der Waals surface area contributed by atoms with Crippen molar-refractivity contribution in [1.82, 2.24) is 5.32 Å². The minimum atomic E-state index is -0.194. The van der Waals surface area contributed by atoms with Crippen molar-refractivity contribution in [2.75, 3.05) is 7.05 Å². The highest BCUT2D eigenvalue weighted by Gasteiger charge is 2.24. The SMILES string of the molecule is CNC(c1cccc(OC2CC2)c1)c1ccccc1F. The minimum absolute atomic E-state index is 0.168. The molecule has 2 nitrogen and oxygen atoms in total. The summed E-state index contributed by atoms with van der Waals surface area (Å²) in [5, 5.41) is 3.18. The van der Waals surface area contributed by atoms with Gasteiger partial charge in [-0.1, -0.05) is 30.3 Å². The minimum Gasteiger partial charge on any atom is -0.490 e. The van der Waals surface area contributed by atoms with Crippen molar-refractivity contribution in [2.24, 2.45) is 0 Å². The monoisotopic (exact) mass is 271 g/mol. The lowest BCUT2D eigenvalue weighted by atomic mass is 9.98. The molecule has 2 aromatic rings. The molecule has 0 radical (unpaired) electrons. The summed E-state index contributed by atoms with van der Waals surface area (Å²) in [5.74, 6) is 0.668. The standard InChI is InChI=1S/C17H18FNO/c1-19-17(15-7-2-3-8-16(15)18)12-5-4-6-14(11-12)20-13-9-10-13/h2-8,11,13,17,19H,9-10H2,1H3. The van der Waals surface area contributed by atoms with Gasteiger partial charge >= 0.3 is 0 Å². The van der Waals surface area contributed by atoms with Crippen LogP contribution < -0.4 is 10.1 Å². The van der Waals surface area contributed by atoms with Gasteiger partial charge in [0.2, 0.25) is 0 Å². The van der Waals surface area contributed by atoms with Gasteiger partial charge in [0, 0.05) is 5.56 Å². The van der Waals surface area contributed by atoms with Gasteiger partial charge in [0.25, 0.3) is 0 Å². The van der Waals surface area contributed by atoms with E-state index in [-0.39, 0.29) is 11.9 Å². The summed E-state index contributed by atoms with van der Waals surface area (Å²) >= 11 is 0. The van der Waals surface area contributed by atoms with Gasteiger partial charge in [0.1, 0.15) is 11.6 Å². The van der Waals surface area contributed by atoms with E-state index in [0.29, 0.717) is 11.7 Å². The van der Waals surface area contributed by atoms with Crippen molar-refractivity contribution in [3.63, 3.8) is 0 Å². The summed E-state index contributed by atoms with van der Waals surface area (Å²) in [7, 11) is 1.84. The zero-order valence-electron chi connectivity index (χ0n) is 11.5. The van der Waals surface area contributed by atoms with Crippen LogP contribution in [-0.2, 0) is 0 Å². The highest BCUT2D eigenvalue weighted by Crippen LogP contribution is 2.30. The first-order valence-electron chi connectivity index (χ1n) is 6.96. The van der Waals surface area contributed by atoms with Gasteiger partial charge in [-0.05, 0) is 43.7 Å². The van der Waals surface area contributed by atoms with Crippen LogP contribution in [0, 0.1) is 5.82 Å². The highest BCUT2D eigenvalue weighted by atomic mass is 19.1. The number of halogens is 1. The molecule has 1 aliphatic rings.